The lowest BCUT2D eigenvalue weighted by Crippen LogP contribution is -2.42. The van der Waals surface area contributed by atoms with Gasteiger partial charge in [-0.25, -0.2) is 0 Å². The van der Waals surface area contributed by atoms with Crippen LogP contribution in [0.25, 0.3) is 0 Å². The summed E-state index contributed by atoms with van der Waals surface area (Å²) in [6.45, 7) is 1.39. The lowest BCUT2D eigenvalue weighted by atomic mass is 9.92. The minimum absolute atomic E-state index is 0.0523. The highest BCUT2D eigenvalue weighted by atomic mass is 16.5. The molecule has 1 saturated heterocycles. The van der Waals surface area contributed by atoms with Gasteiger partial charge in [-0.15, -0.1) is 0 Å². The van der Waals surface area contributed by atoms with Crippen molar-refractivity contribution in [3.8, 4) is 11.5 Å². The molecule has 0 radical (unpaired) electrons. The average molecular weight is 332 g/mol. The maximum absolute atomic E-state index is 12.2. The van der Waals surface area contributed by atoms with E-state index in [2.05, 4.69) is 5.32 Å². The molecule has 0 aromatic heterocycles. The zero-order valence-corrected chi connectivity index (χ0v) is 14.0. The Morgan fingerprint density at radius 2 is 1.96 bits per heavy atom. The summed E-state index contributed by atoms with van der Waals surface area (Å²) in [5.74, 6) is 1.35. The predicted octanol–water partition coefficient (Wildman–Crippen LogP) is 1.59. The van der Waals surface area contributed by atoms with Gasteiger partial charge in [0.25, 0.3) is 0 Å². The second kappa shape index (κ2) is 7.55. The SMILES string of the molecule is COc1ccc(OCCNC(=O)C2CC(=O)N(C3CCC3)C2)cc1. The summed E-state index contributed by atoms with van der Waals surface area (Å²) in [4.78, 5) is 26.1. The zero-order valence-electron chi connectivity index (χ0n) is 14.0. The third-order valence-corrected chi connectivity index (χ3v) is 4.77. The summed E-state index contributed by atoms with van der Waals surface area (Å²) in [7, 11) is 1.62. The van der Waals surface area contributed by atoms with Crippen LogP contribution in [0.15, 0.2) is 24.3 Å². The molecule has 3 rings (SSSR count). The minimum Gasteiger partial charge on any atom is -0.497 e. The fourth-order valence-corrected chi connectivity index (χ4v) is 3.12. The second-order valence-electron chi connectivity index (χ2n) is 6.35. The molecule has 24 heavy (non-hydrogen) atoms. The van der Waals surface area contributed by atoms with E-state index in [1.165, 1.54) is 6.42 Å². The summed E-state index contributed by atoms with van der Waals surface area (Å²) in [5, 5.41) is 2.87. The van der Waals surface area contributed by atoms with Gasteiger partial charge in [0.05, 0.1) is 19.6 Å². The number of benzene rings is 1. The minimum atomic E-state index is -0.223. The highest BCUT2D eigenvalue weighted by molar-refractivity contribution is 5.89. The van der Waals surface area contributed by atoms with Gasteiger partial charge in [-0.05, 0) is 43.5 Å². The Kier molecular flexibility index (Phi) is 5.23. The van der Waals surface area contributed by atoms with Crippen LogP contribution in [-0.2, 0) is 9.59 Å². The molecular formula is C18H24N2O4. The Balaban J connectivity index is 1.37. The first-order valence-electron chi connectivity index (χ1n) is 8.51. The van der Waals surface area contributed by atoms with Crippen LogP contribution in [0.3, 0.4) is 0 Å². The first kappa shape index (κ1) is 16.6. The van der Waals surface area contributed by atoms with E-state index in [0.29, 0.717) is 32.2 Å². The fourth-order valence-electron chi connectivity index (χ4n) is 3.12. The molecule has 2 amide bonds. The molecule has 6 heteroatoms. The van der Waals surface area contributed by atoms with Crippen molar-refractivity contribution in [1.82, 2.24) is 10.2 Å². The van der Waals surface area contributed by atoms with Crippen molar-refractivity contribution >= 4 is 11.8 Å². The maximum Gasteiger partial charge on any atom is 0.225 e. The van der Waals surface area contributed by atoms with Gasteiger partial charge in [0, 0.05) is 19.0 Å². The predicted molar refractivity (Wildman–Crippen MR) is 89.0 cm³/mol. The molecule has 1 aromatic rings. The van der Waals surface area contributed by atoms with Gasteiger partial charge in [0.15, 0.2) is 0 Å². The molecule has 2 fully saturated rings. The average Bonchev–Trinajstić information content (AvgIpc) is 2.92. The molecule has 1 saturated carbocycles. The van der Waals surface area contributed by atoms with E-state index < -0.39 is 0 Å². The van der Waals surface area contributed by atoms with Crippen LogP contribution >= 0.6 is 0 Å². The smallest absolute Gasteiger partial charge is 0.225 e. The number of carbonyl (C=O) groups is 2. The van der Waals surface area contributed by atoms with E-state index in [1.54, 1.807) is 7.11 Å². The van der Waals surface area contributed by atoms with Crippen molar-refractivity contribution < 1.29 is 19.1 Å². The topological polar surface area (TPSA) is 67.9 Å². The molecule has 1 heterocycles. The monoisotopic (exact) mass is 332 g/mol. The summed E-state index contributed by atoms with van der Waals surface area (Å²) in [5.41, 5.74) is 0. The van der Waals surface area contributed by atoms with Gasteiger partial charge in [-0.3, -0.25) is 9.59 Å². The summed E-state index contributed by atoms with van der Waals surface area (Å²) in [6.07, 6.45) is 3.68. The Bertz CT molecular complexity index is 583. The Morgan fingerprint density at radius 3 is 2.58 bits per heavy atom. The van der Waals surface area contributed by atoms with E-state index in [-0.39, 0.29) is 17.7 Å². The Morgan fingerprint density at radius 1 is 1.25 bits per heavy atom. The van der Waals surface area contributed by atoms with Crippen molar-refractivity contribution in [2.75, 3.05) is 26.8 Å². The molecule has 6 nitrogen and oxygen atoms in total. The lowest BCUT2D eigenvalue weighted by molar-refractivity contribution is -0.131. The number of nitrogens with zero attached hydrogens (tertiary/aromatic N) is 1. The molecule has 130 valence electrons. The molecule has 1 aliphatic carbocycles. The second-order valence-corrected chi connectivity index (χ2v) is 6.35. The van der Waals surface area contributed by atoms with Crippen molar-refractivity contribution in [1.29, 1.82) is 0 Å². The van der Waals surface area contributed by atoms with Gasteiger partial charge in [-0.1, -0.05) is 0 Å². The van der Waals surface area contributed by atoms with Gasteiger partial charge >= 0.3 is 0 Å². The molecule has 2 aliphatic rings. The fraction of sp³-hybridized carbons (Fsp3) is 0.556. The number of hydrogen-bond acceptors (Lipinski definition) is 4. The van der Waals surface area contributed by atoms with Gasteiger partial charge in [0.1, 0.15) is 18.1 Å². The normalized spacial score (nSPS) is 20.6. The van der Waals surface area contributed by atoms with Crippen molar-refractivity contribution in [2.45, 2.75) is 31.7 Å². The first-order chi connectivity index (χ1) is 11.7. The number of amides is 2. The molecular weight excluding hydrogens is 308 g/mol. The molecule has 0 bridgehead atoms. The standard InChI is InChI=1S/C18H24N2O4/c1-23-15-5-7-16(8-6-15)24-10-9-19-18(22)13-11-17(21)20(12-13)14-3-2-4-14/h5-8,13-14H,2-4,9-12H2,1H3,(H,19,22). The molecule has 1 aliphatic heterocycles. The Labute approximate surface area is 142 Å². The third kappa shape index (κ3) is 3.80. The molecule has 0 spiro atoms. The number of methoxy groups -OCH3 is 1. The van der Waals surface area contributed by atoms with Crippen LogP contribution in [-0.4, -0.2) is 49.6 Å². The first-order valence-corrected chi connectivity index (χ1v) is 8.51. The number of rotatable bonds is 7. The highest BCUT2D eigenvalue weighted by Gasteiger charge is 2.39. The number of nitrogens with one attached hydrogen (secondary N) is 1. The van der Waals surface area contributed by atoms with Crippen LogP contribution in [0.5, 0.6) is 11.5 Å². The zero-order chi connectivity index (χ0) is 16.9. The molecule has 1 aromatic carbocycles. The lowest BCUT2D eigenvalue weighted by Gasteiger charge is -2.34. The third-order valence-electron chi connectivity index (χ3n) is 4.77. The van der Waals surface area contributed by atoms with Crippen LogP contribution in [0.1, 0.15) is 25.7 Å². The van der Waals surface area contributed by atoms with Crippen LogP contribution in [0.2, 0.25) is 0 Å². The van der Waals surface area contributed by atoms with E-state index in [4.69, 9.17) is 9.47 Å². The Hall–Kier alpha value is -2.24. The summed E-state index contributed by atoms with van der Waals surface area (Å²) < 4.78 is 10.7. The number of likely N-dealkylation sites (tertiary alicyclic amines) is 1. The van der Waals surface area contributed by atoms with E-state index in [1.807, 2.05) is 29.2 Å². The maximum atomic E-state index is 12.2. The van der Waals surface area contributed by atoms with E-state index >= 15 is 0 Å². The largest absolute Gasteiger partial charge is 0.497 e. The van der Waals surface area contributed by atoms with Gasteiger partial charge in [0.2, 0.25) is 11.8 Å². The molecule has 1 unspecified atom stereocenters. The van der Waals surface area contributed by atoms with Gasteiger partial charge in [-0.2, -0.15) is 0 Å². The van der Waals surface area contributed by atoms with Crippen molar-refractivity contribution in [2.24, 2.45) is 5.92 Å². The summed E-state index contributed by atoms with van der Waals surface area (Å²) in [6, 6.07) is 7.67. The van der Waals surface area contributed by atoms with Crippen LogP contribution in [0.4, 0.5) is 0 Å². The van der Waals surface area contributed by atoms with Crippen LogP contribution < -0.4 is 14.8 Å². The highest BCUT2D eigenvalue weighted by Crippen LogP contribution is 2.30. The van der Waals surface area contributed by atoms with E-state index in [0.717, 1.165) is 24.3 Å². The van der Waals surface area contributed by atoms with E-state index in [9.17, 15) is 9.59 Å². The van der Waals surface area contributed by atoms with Crippen molar-refractivity contribution in [3.05, 3.63) is 24.3 Å². The number of carbonyl (C=O) groups excluding carboxylic acids is 2. The molecule has 1 N–H and O–H groups in total. The van der Waals surface area contributed by atoms with Crippen molar-refractivity contribution in [3.63, 3.8) is 0 Å². The number of hydrogen-bond donors (Lipinski definition) is 1. The van der Waals surface area contributed by atoms with Crippen LogP contribution in [0, 0.1) is 5.92 Å². The number of ether oxygens (including phenoxy) is 2. The molecule has 1 atom stereocenters. The quantitative estimate of drug-likeness (QED) is 0.770. The van der Waals surface area contributed by atoms with Gasteiger partial charge < -0.3 is 19.7 Å². The summed E-state index contributed by atoms with van der Waals surface area (Å²) >= 11 is 0.